The normalized spacial score (nSPS) is 9.00. The SMILES string of the molecule is O=C(Oc1ccccc1)c1ccccc1.[NaH]. The van der Waals surface area contributed by atoms with Gasteiger partial charge in [0.05, 0.1) is 5.56 Å². The Kier molecular flexibility index (Phi) is 5.26. The van der Waals surface area contributed by atoms with E-state index in [1.165, 1.54) is 0 Å². The van der Waals surface area contributed by atoms with Crippen molar-refractivity contribution in [3.8, 4) is 5.75 Å². The number of hydrogen-bond acceptors (Lipinski definition) is 2. The van der Waals surface area contributed by atoms with Crippen molar-refractivity contribution in [2.45, 2.75) is 0 Å². The number of hydrogen-bond donors (Lipinski definition) is 0. The van der Waals surface area contributed by atoms with Gasteiger partial charge in [0.15, 0.2) is 0 Å². The van der Waals surface area contributed by atoms with Crippen molar-refractivity contribution in [3.05, 3.63) is 66.2 Å². The van der Waals surface area contributed by atoms with Gasteiger partial charge in [0.1, 0.15) is 5.75 Å². The van der Waals surface area contributed by atoms with Crippen molar-refractivity contribution in [2.75, 3.05) is 0 Å². The molecule has 0 spiro atoms. The second-order valence-corrected chi connectivity index (χ2v) is 3.07. The molecule has 2 nitrogen and oxygen atoms in total. The van der Waals surface area contributed by atoms with Crippen LogP contribution in [0, 0.1) is 0 Å². The number of carbonyl (C=O) groups is 1. The summed E-state index contributed by atoms with van der Waals surface area (Å²) in [7, 11) is 0. The van der Waals surface area contributed by atoms with Crippen LogP contribution < -0.4 is 4.74 Å². The Hall–Kier alpha value is -1.09. The third-order valence-electron chi connectivity index (χ3n) is 1.96. The molecular formula is C13H11NaO2. The fourth-order valence-corrected chi connectivity index (χ4v) is 1.23. The monoisotopic (exact) mass is 222 g/mol. The zero-order valence-corrected chi connectivity index (χ0v) is 8.09. The Labute approximate surface area is 117 Å². The second kappa shape index (κ2) is 6.48. The minimum atomic E-state index is -0.332. The first-order valence-corrected chi connectivity index (χ1v) is 4.68. The van der Waals surface area contributed by atoms with Crippen molar-refractivity contribution in [2.24, 2.45) is 0 Å². The summed E-state index contributed by atoms with van der Waals surface area (Å²) < 4.78 is 5.16. The molecule has 0 saturated carbocycles. The van der Waals surface area contributed by atoms with Crippen LogP contribution in [-0.2, 0) is 0 Å². The molecule has 0 aliphatic rings. The summed E-state index contributed by atoms with van der Waals surface area (Å²) in [6.45, 7) is 0. The predicted octanol–water partition coefficient (Wildman–Crippen LogP) is 2.26. The fourth-order valence-electron chi connectivity index (χ4n) is 1.23. The van der Waals surface area contributed by atoms with Gasteiger partial charge in [0, 0.05) is 0 Å². The van der Waals surface area contributed by atoms with Crippen molar-refractivity contribution >= 4 is 35.5 Å². The van der Waals surface area contributed by atoms with E-state index in [0.29, 0.717) is 11.3 Å². The number of rotatable bonds is 2. The van der Waals surface area contributed by atoms with Crippen LogP contribution in [-0.4, -0.2) is 35.5 Å². The van der Waals surface area contributed by atoms with Crippen LogP contribution in [0.3, 0.4) is 0 Å². The number of ether oxygens (including phenoxy) is 1. The third kappa shape index (κ3) is 3.49. The summed E-state index contributed by atoms with van der Waals surface area (Å²) in [5, 5.41) is 0. The first-order valence-electron chi connectivity index (χ1n) is 4.68. The average molecular weight is 222 g/mol. The Morgan fingerprint density at radius 3 is 1.88 bits per heavy atom. The quantitative estimate of drug-likeness (QED) is 0.442. The molecule has 0 atom stereocenters. The summed E-state index contributed by atoms with van der Waals surface area (Å²) in [4.78, 5) is 11.6. The minimum absolute atomic E-state index is 0. The molecule has 0 aromatic heterocycles. The van der Waals surface area contributed by atoms with Crippen LogP contribution in [0.25, 0.3) is 0 Å². The molecule has 16 heavy (non-hydrogen) atoms. The van der Waals surface area contributed by atoms with Crippen molar-refractivity contribution in [1.82, 2.24) is 0 Å². The van der Waals surface area contributed by atoms with E-state index in [1.807, 2.05) is 36.4 Å². The van der Waals surface area contributed by atoms with E-state index in [9.17, 15) is 4.79 Å². The average Bonchev–Trinajstić information content (AvgIpc) is 2.31. The van der Waals surface area contributed by atoms with Gasteiger partial charge in [-0.15, -0.1) is 0 Å². The number of esters is 1. The molecular weight excluding hydrogens is 211 g/mol. The van der Waals surface area contributed by atoms with Gasteiger partial charge in [0.2, 0.25) is 0 Å². The van der Waals surface area contributed by atoms with E-state index >= 15 is 0 Å². The van der Waals surface area contributed by atoms with Crippen LogP contribution in [0.5, 0.6) is 5.75 Å². The Morgan fingerprint density at radius 1 is 0.812 bits per heavy atom. The molecule has 0 saturated heterocycles. The molecule has 0 heterocycles. The molecule has 76 valence electrons. The van der Waals surface area contributed by atoms with Gasteiger partial charge in [0.25, 0.3) is 0 Å². The van der Waals surface area contributed by atoms with Gasteiger partial charge in [-0.3, -0.25) is 0 Å². The van der Waals surface area contributed by atoms with Crippen LogP contribution >= 0.6 is 0 Å². The third-order valence-corrected chi connectivity index (χ3v) is 1.96. The molecule has 0 aliphatic heterocycles. The first kappa shape index (κ1) is 13.0. The van der Waals surface area contributed by atoms with E-state index in [0.717, 1.165) is 0 Å². The van der Waals surface area contributed by atoms with Gasteiger partial charge in [-0.2, -0.15) is 0 Å². The molecule has 0 unspecified atom stereocenters. The summed E-state index contributed by atoms with van der Waals surface area (Å²) >= 11 is 0. The molecule has 0 aliphatic carbocycles. The number of benzene rings is 2. The maximum absolute atomic E-state index is 11.6. The van der Waals surface area contributed by atoms with Gasteiger partial charge < -0.3 is 4.74 Å². The first-order chi connectivity index (χ1) is 7.36. The predicted molar refractivity (Wildman–Crippen MR) is 65.0 cm³/mol. The van der Waals surface area contributed by atoms with E-state index in [-0.39, 0.29) is 35.5 Å². The summed E-state index contributed by atoms with van der Waals surface area (Å²) in [5.74, 6) is 0.230. The van der Waals surface area contributed by atoms with Gasteiger partial charge >= 0.3 is 35.5 Å². The van der Waals surface area contributed by atoms with E-state index < -0.39 is 0 Å². The molecule has 2 rings (SSSR count). The van der Waals surface area contributed by atoms with Crippen LogP contribution in [0.2, 0.25) is 0 Å². The van der Waals surface area contributed by atoms with Crippen molar-refractivity contribution in [3.63, 3.8) is 0 Å². The van der Waals surface area contributed by atoms with Crippen LogP contribution in [0.4, 0.5) is 0 Å². The molecule has 2 aromatic rings. The molecule has 2 aromatic carbocycles. The fraction of sp³-hybridized carbons (Fsp3) is 0. The number of carbonyl (C=O) groups excluding carboxylic acids is 1. The molecule has 0 amide bonds. The number of para-hydroxylation sites is 1. The maximum atomic E-state index is 11.6. The Balaban J connectivity index is 0.00000128. The Morgan fingerprint density at radius 2 is 1.31 bits per heavy atom. The van der Waals surface area contributed by atoms with Crippen LogP contribution in [0.1, 0.15) is 10.4 Å². The molecule has 0 radical (unpaired) electrons. The van der Waals surface area contributed by atoms with Crippen molar-refractivity contribution < 1.29 is 9.53 Å². The van der Waals surface area contributed by atoms with Gasteiger partial charge in [-0.25, -0.2) is 4.79 Å². The summed E-state index contributed by atoms with van der Waals surface area (Å²) in [6.07, 6.45) is 0. The summed E-state index contributed by atoms with van der Waals surface area (Å²) in [5.41, 5.74) is 0.557. The second-order valence-electron chi connectivity index (χ2n) is 3.07. The molecule has 0 N–H and O–H groups in total. The Bertz CT molecular complexity index is 440. The molecule has 0 bridgehead atoms. The zero-order valence-electron chi connectivity index (χ0n) is 8.09. The van der Waals surface area contributed by atoms with E-state index in [2.05, 4.69) is 0 Å². The topological polar surface area (TPSA) is 26.3 Å². The summed E-state index contributed by atoms with van der Waals surface area (Å²) in [6, 6.07) is 18.0. The zero-order chi connectivity index (χ0) is 10.5. The van der Waals surface area contributed by atoms with E-state index in [4.69, 9.17) is 4.74 Å². The molecule has 0 fully saturated rings. The van der Waals surface area contributed by atoms with Gasteiger partial charge in [-0.05, 0) is 24.3 Å². The van der Waals surface area contributed by atoms with Crippen LogP contribution in [0.15, 0.2) is 60.7 Å². The van der Waals surface area contributed by atoms with E-state index in [1.54, 1.807) is 24.3 Å². The van der Waals surface area contributed by atoms with Gasteiger partial charge in [-0.1, -0.05) is 36.4 Å². The molecule has 3 heteroatoms. The van der Waals surface area contributed by atoms with Crippen molar-refractivity contribution in [1.29, 1.82) is 0 Å². The standard InChI is InChI=1S/C13H10O2.Na.H/c14-13(11-7-3-1-4-8-11)15-12-9-5-2-6-10-12;;/h1-10H;;.